The summed E-state index contributed by atoms with van der Waals surface area (Å²) >= 11 is 6.60. The topological polar surface area (TPSA) is 94.5 Å². The van der Waals surface area contributed by atoms with E-state index < -0.39 is 10.1 Å². The monoisotopic (exact) mass is 560 g/mol. The normalized spacial score (nSPS) is 15.8. The van der Waals surface area contributed by atoms with Gasteiger partial charge in [-0.3, -0.25) is 4.79 Å². The fraction of sp³-hybridized carbons (Fsp3) is 0.0952. The number of hydrogen-bond donors (Lipinski definition) is 1. The number of rotatable bonds is 3. The second kappa shape index (κ2) is 9.65. The summed E-state index contributed by atoms with van der Waals surface area (Å²) in [5, 5.41) is 10.1. The van der Waals surface area contributed by atoms with Crippen LogP contribution in [0.5, 0.6) is 5.75 Å². The third-order valence-electron chi connectivity index (χ3n) is 4.47. The molecule has 0 heterocycles. The Morgan fingerprint density at radius 1 is 1.03 bits per heavy atom. The van der Waals surface area contributed by atoms with Gasteiger partial charge < -0.3 is 9.66 Å². The summed E-state index contributed by atoms with van der Waals surface area (Å²) in [6.45, 7) is 3.42. The maximum atomic E-state index is 12.1. The van der Waals surface area contributed by atoms with Gasteiger partial charge in [-0.25, -0.2) is 8.42 Å². The van der Waals surface area contributed by atoms with Gasteiger partial charge in [0.05, 0.1) is 13.9 Å². The number of phenols is 1. The van der Waals surface area contributed by atoms with Crippen LogP contribution < -0.4 is 29.6 Å². The minimum Gasteiger partial charge on any atom is -0.744 e. The predicted octanol–water partition coefficient (Wildman–Crippen LogP) is 1.98. The summed E-state index contributed by atoms with van der Waals surface area (Å²) in [6, 6.07) is 9.18. The van der Waals surface area contributed by atoms with Crippen LogP contribution in [0.15, 0.2) is 73.5 Å². The Labute approximate surface area is 213 Å². The molecule has 0 saturated carbocycles. The molecule has 0 aromatic heterocycles. The summed E-state index contributed by atoms with van der Waals surface area (Å²) in [4.78, 5) is 11.8. The van der Waals surface area contributed by atoms with Crippen molar-refractivity contribution in [2.75, 3.05) is 0 Å². The molecule has 0 atom stereocenters. The molecule has 0 unspecified atom stereocenters. The molecule has 0 radical (unpaired) electrons. The van der Waals surface area contributed by atoms with E-state index in [0.717, 1.165) is 0 Å². The first-order valence-electron chi connectivity index (χ1n) is 8.39. The molecule has 9 heteroatoms. The third-order valence-corrected chi connectivity index (χ3v) is 6.50. The van der Waals surface area contributed by atoms with Gasteiger partial charge in [0.2, 0.25) is 0 Å². The zero-order valence-corrected chi connectivity index (χ0v) is 22.4. The number of benzene rings is 2. The Balaban J connectivity index is 0.00000320. The van der Waals surface area contributed by atoms with E-state index in [1.165, 1.54) is 18.2 Å². The molecule has 0 amide bonds. The smallest absolute Gasteiger partial charge is 0.744 e. The van der Waals surface area contributed by atoms with Crippen LogP contribution in [0.25, 0.3) is 5.57 Å². The molecule has 1 aliphatic rings. The number of aryl methyl sites for hydroxylation is 1. The molecular formula is C21H15Br2NaO5S. The van der Waals surface area contributed by atoms with Crippen molar-refractivity contribution in [3.8, 4) is 5.75 Å². The number of phenolic OH excluding ortho intramolecular Hbond substituents is 1. The number of halogens is 2. The zero-order valence-electron chi connectivity index (χ0n) is 16.4. The van der Waals surface area contributed by atoms with Crippen LogP contribution >= 0.6 is 31.9 Å². The molecule has 0 aliphatic heterocycles. The minimum atomic E-state index is -4.64. The van der Waals surface area contributed by atoms with Crippen molar-refractivity contribution in [3.05, 3.63) is 85.3 Å². The number of carbonyl (C=O) groups is 1. The van der Waals surface area contributed by atoms with E-state index in [0.29, 0.717) is 42.4 Å². The van der Waals surface area contributed by atoms with Gasteiger partial charge in [-0.2, -0.15) is 0 Å². The molecule has 30 heavy (non-hydrogen) atoms. The molecule has 1 aliphatic carbocycles. The van der Waals surface area contributed by atoms with E-state index in [1.807, 2.05) is 0 Å². The average Bonchev–Trinajstić information content (AvgIpc) is 2.64. The van der Waals surface area contributed by atoms with E-state index in [2.05, 4.69) is 31.9 Å². The van der Waals surface area contributed by atoms with E-state index >= 15 is 0 Å². The number of allylic oxidation sites excluding steroid dienone is 5. The van der Waals surface area contributed by atoms with Crippen LogP contribution in [0, 0.1) is 6.92 Å². The van der Waals surface area contributed by atoms with Gasteiger partial charge in [-0.1, -0.05) is 12.1 Å². The van der Waals surface area contributed by atoms with Gasteiger partial charge in [0.15, 0.2) is 5.78 Å². The molecule has 2 aromatic rings. The largest absolute Gasteiger partial charge is 1.00 e. The van der Waals surface area contributed by atoms with Crippen LogP contribution in [0.4, 0.5) is 0 Å². The first-order valence-corrected chi connectivity index (χ1v) is 11.4. The van der Waals surface area contributed by atoms with Crippen molar-refractivity contribution in [1.29, 1.82) is 0 Å². The van der Waals surface area contributed by atoms with E-state index in [9.17, 15) is 22.9 Å². The number of aromatic hydroxyl groups is 1. The van der Waals surface area contributed by atoms with Gasteiger partial charge >= 0.3 is 29.6 Å². The third kappa shape index (κ3) is 5.24. The van der Waals surface area contributed by atoms with Crippen molar-refractivity contribution in [3.63, 3.8) is 0 Å². The fourth-order valence-electron chi connectivity index (χ4n) is 3.06. The van der Waals surface area contributed by atoms with Crippen LogP contribution in [0.1, 0.15) is 23.6 Å². The molecule has 150 valence electrons. The molecule has 2 aromatic carbocycles. The van der Waals surface area contributed by atoms with E-state index in [1.54, 1.807) is 44.2 Å². The summed E-state index contributed by atoms with van der Waals surface area (Å²) in [5.41, 5.74) is 3.56. The Kier molecular flexibility index (Phi) is 8.12. The molecule has 0 bridgehead atoms. The van der Waals surface area contributed by atoms with Crippen molar-refractivity contribution in [1.82, 2.24) is 0 Å². The van der Waals surface area contributed by atoms with Gasteiger partial charge in [0, 0.05) is 0 Å². The summed E-state index contributed by atoms with van der Waals surface area (Å²) in [6.07, 6.45) is 3.36. The Morgan fingerprint density at radius 3 is 2.27 bits per heavy atom. The molecule has 1 N–H and O–H groups in total. The Bertz CT molecular complexity index is 1200. The summed E-state index contributed by atoms with van der Waals surface area (Å²) < 4.78 is 35.4. The maximum absolute atomic E-state index is 12.1. The number of Topliss-reactive ketones (excluding diaryl/α,β-unsaturated/α-hetero) is 1. The average molecular weight is 562 g/mol. The second-order valence-electron chi connectivity index (χ2n) is 6.58. The van der Waals surface area contributed by atoms with Crippen LogP contribution in [0.3, 0.4) is 0 Å². The fourth-order valence-corrected chi connectivity index (χ4v) is 4.70. The van der Waals surface area contributed by atoms with Crippen molar-refractivity contribution in [2.24, 2.45) is 0 Å². The van der Waals surface area contributed by atoms with E-state index in [4.69, 9.17) is 0 Å². The minimum absolute atomic E-state index is 0. The van der Waals surface area contributed by atoms with Crippen molar-refractivity contribution < 1.29 is 52.4 Å². The Morgan fingerprint density at radius 2 is 1.70 bits per heavy atom. The first-order chi connectivity index (χ1) is 13.5. The molecule has 5 nitrogen and oxygen atoms in total. The number of ketones is 1. The zero-order chi connectivity index (χ0) is 21.5. The standard InChI is InChI=1S/C21H16Br2O5S.Na/c1-11-6-14(9-17(22)20(11)24)19(15-7-12(2)21(25)18(23)10-15)13-4-3-5-16(8-13)29(26,27)28;/h3-10,24H,1-2H3,(H,26,27,28);/q;+1/p-1/b19-15-;. The van der Waals surface area contributed by atoms with Crippen molar-refractivity contribution in [2.45, 2.75) is 18.7 Å². The quantitative estimate of drug-likeness (QED) is 0.457. The van der Waals surface area contributed by atoms with Crippen LogP contribution in [0.2, 0.25) is 0 Å². The maximum Gasteiger partial charge on any atom is 1.00 e. The van der Waals surface area contributed by atoms with Gasteiger partial charge in [-0.15, -0.1) is 0 Å². The molecule has 0 saturated heterocycles. The summed E-state index contributed by atoms with van der Waals surface area (Å²) in [7, 11) is -4.64. The summed E-state index contributed by atoms with van der Waals surface area (Å²) in [5.74, 6) is -0.0525. The number of hydrogen-bond acceptors (Lipinski definition) is 5. The number of carbonyl (C=O) groups excluding carboxylic acids is 1. The van der Waals surface area contributed by atoms with Gasteiger partial charge in [0.25, 0.3) is 0 Å². The molecule has 3 rings (SSSR count). The molecule has 0 fully saturated rings. The second-order valence-corrected chi connectivity index (χ2v) is 9.67. The Hall–Kier alpha value is -1.000. The van der Waals surface area contributed by atoms with Crippen LogP contribution in [-0.2, 0) is 14.9 Å². The van der Waals surface area contributed by atoms with Gasteiger partial charge in [-0.05, 0) is 116 Å². The van der Waals surface area contributed by atoms with Crippen LogP contribution in [-0.4, -0.2) is 23.9 Å². The van der Waals surface area contributed by atoms with E-state index in [-0.39, 0.29) is 46.0 Å². The molecular weight excluding hydrogens is 547 g/mol. The predicted molar refractivity (Wildman–Crippen MR) is 117 cm³/mol. The SMILES string of the molecule is CC1=C/C(=C(\c2cccc(S(=O)(=O)[O-])c2)c2cc(C)c(O)c(Br)c2)C=C(Br)C1=O.[Na+]. The first kappa shape index (κ1) is 25.3. The van der Waals surface area contributed by atoms with Gasteiger partial charge in [0.1, 0.15) is 15.9 Å². The molecule has 0 spiro atoms. The van der Waals surface area contributed by atoms with Crippen molar-refractivity contribution >= 4 is 53.3 Å².